The molecule has 0 N–H and O–H groups in total. The van der Waals surface area contributed by atoms with Gasteiger partial charge in [-0.2, -0.15) is 0 Å². The van der Waals surface area contributed by atoms with Gasteiger partial charge in [0.1, 0.15) is 0 Å². The van der Waals surface area contributed by atoms with E-state index in [0.29, 0.717) is 0 Å². The molecule has 0 atom stereocenters. The average molecular weight is 984 g/mol. The van der Waals surface area contributed by atoms with E-state index in [1.807, 2.05) is 0 Å². The number of hydrogen-bond acceptors (Lipinski definition) is 0. The van der Waals surface area contributed by atoms with E-state index in [4.69, 9.17) is 0 Å². The Balaban J connectivity index is 0.000000145. The second kappa shape index (κ2) is 23.5. The van der Waals surface area contributed by atoms with Gasteiger partial charge in [-0.1, -0.05) is 0 Å². The molecule has 0 saturated carbocycles. The molecule has 0 saturated heterocycles. The quantitative estimate of drug-likeness (QED) is 0.151. The van der Waals surface area contributed by atoms with Crippen molar-refractivity contribution in [3.05, 3.63) is 273 Å². The van der Waals surface area contributed by atoms with Crippen LogP contribution in [-0.4, -0.2) is 60.6 Å². The summed E-state index contributed by atoms with van der Waals surface area (Å²) in [5, 5.41) is 0. The molecule has 0 aliphatic carbocycles. The first-order chi connectivity index (χ1) is 28.3. The van der Waals surface area contributed by atoms with E-state index in [0.717, 1.165) is 0 Å². The minimum atomic E-state index is -1.63. The normalized spacial score (nSPS) is 10.4. The topological polar surface area (TPSA) is 0 Å². The monoisotopic (exact) mass is 989 g/mol. The van der Waals surface area contributed by atoms with E-state index in [9.17, 15) is 0 Å². The predicted molar refractivity (Wildman–Crippen MR) is 258 cm³/mol. The summed E-state index contributed by atoms with van der Waals surface area (Å²) < 4.78 is 13.5. The van der Waals surface area contributed by atoms with Gasteiger partial charge in [0.2, 0.25) is 0 Å². The molecule has 0 spiro atoms. The van der Waals surface area contributed by atoms with Crippen LogP contribution in [0.2, 0.25) is 0 Å². The molecule has 277 valence electrons. The fraction of sp³-hybridized carbons (Fsp3) is 0. The van der Waals surface area contributed by atoms with Crippen molar-refractivity contribution in [2.24, 2.45) is 0 Å². The second-order valence-corrected chi connectivity index (χ2v) is 29.0. The van der Waals surface area contributed by atoms with Crippen molar-refractivity contribution >= 4 is 100 Å². The van der Waals surface area contributed by atoms with E-state index < -0.39 is 43.0 Å². The van der Waals surface area contributed by atoms with Crippen LogP contribution in [0.25, 0.3) is 0 Å². The van der Waals surface area contributed by atoms with Crippen molar-refractivity contribution in [1.82, 2.24) is 0 Å². The van der Waals surface area contributed by atoms with E-state index in [1.54, 1.807) is 0 Å². The van der Waals surface area contributed by atoms with Crippen molar-refractivity contribution in [3.8, 4) is 0 Å². The Morgan fingerprint density at radius 2 is 0.224 bits per heavy atom. The standard InChI is InChI=1S/3C18H15Ge.Ge/c3*1-4-10-16(11-5-1)19(17-12-6-2-7-13-17)18-14-8-3-9-15-18;/h3*1-15H;. The van der Waals surface area contributed by atoms with Crippen LogP contribution in [-0.2, 0) is 0 Å². The van der Waals surface area contributed by atoms with Gasteiger partial charge in [-0.25, -0.2) is 0 Å². The molecular weight excluding hydrogens is 939 g/mol. The van der Waals surface area contributed by atoms with Gasteiger partial charge in [0.05, 0.1) is 0 Å². The first-order valence-electron chi connectivity index (χ1n) is 19.4. The Kier molecular flexibility index (Phi) is 17.3. The maximum absolute atomic E-state index is 2.27. The molecule has 9 rings (SSSR count). The summed E-state index contributed by atoms with van der Waals surface area (Å²) in [6.45, 7) is 0. The Labute approximate surface area is 370 Å². The molecule has 0 unspecified atom stereocenters. The third-order valence-electron chi connectivity index (χ3n) is 9.56. The molecule has 7 radical (unpaired) electrons. The summed E-state index contributed by atoms with van der Waals surface area (Å²) in [5.74, 6) is 0. The number of hydrogen-bond donors (Lipinski definition) is 0. The van der Waals surface area contributed by atoms with Crippen LogP contribution >= 0.6 is 0 Å². The van der Waals surface area contributed by atoms with Crippen molar-refractivity contribution in [3.63, 3.8) is 0 Å². The van der Waals surface area contributed by atoms with Gasteiger partial charge < -0.3 is 0 Å². The van der Waals surface area contributed by atoms with Crippen LogP contribution in [0.15, 0.2) is 273 Å². The number of rotatable bonds is 9. The van der Waals surface area contributed by atoms with Gasteiger partial charge >= 0.3 is 356 Å². The van der Waals surface area contributed by atoms with E-state index in [-0.39, 0.29) is 17.6 Å². The molecule has 9 aromatic carbocycles. The van der Waals surface area contributed by atoms with Gasteiger partial charge in [0.25, 0.3) is 0 Å². The Morgan fingerprint density at radius 1 is 0.138 bits per heavy atom. The molecule has 0 nitrogen and oxygen atoms in total. The maximum atomic E-state index is 2.27. The molecule has 0 amide bonds. The summed E-state index contributed by atoms with van der Waals surface area (Å²) in [4.78, 5) is 0. The van der Waals surface area contributed by atoms with Gasteiger partial charge in [-0.3, -0.25) is 0 Å². The molecular formula is C54H45Ge4. The van der Waals surface area contributed by atoms with Gasteiger partial charge in [-0.15, -0.1) is 0 Å². The summed E-state index contributed by atoms with van der Waals surface area (Å²) in [7, 11) is 0. The Hall–Kier alpha value is -4.85. The average Bonchev–Trinajstić information content (AvgIpc) is 3.30. The third kappa shape index (κ3) is 12.1. The summed E-state index contributed by atoms with van der Waals surface area (Å²) in [6.07, 6.45) is 0. The summed E-state index contributed by atoms with van der Waals surface area (Å²) >= 11 is -4.90. The van der Waals surface area contributed by atoms with E-state index in [1.165, 1.54) is 39.6 Å². The van der Waals surface area contributed by atoms with Crippen LogP contribution in [0, 0.1) is 0 Å². The Bertz CT molecular complexity index is 1860. The molecule has 0 bridgehead atoms. The first kappa shape index (κ1) is 42.7. The van der Waals surface area contributed by atoms with Crippen molar-refractivity contribution in [1.29, 1.82) is 0 Å². The molecule has 0 fully saturated rings. The molecule has 0 heterocycles. The van der Waals surface area contributed by atoms with E-state index >= 15 is 0 Å². The van der Waals surface area contributed by atoms with Gasteiger partial charge in [-0.05, 0) is 0 Å². The van der Waals surface area contributed by atoms with Gasteiger partial charge in [0.15, 0.2) is 0 Å². The number of benzene rings is 9. The van der Waals surface area contributed by atoms with E-state index in [2.05, 4.69) is 273 Å². The second-order valence-electron chi connectivity index (χ2n) is 13.4. The minimum absolute atomic E-state index is 0. The fourth-order valence-corrected chi connectivity index (χ4v) is 23.2. The third-order valence-corrected chi connectivity index (χ3v) is 26.8. The van der Waals surface area contributed by atoms with Crippen molar-refractivity contribution in [2.45, 2.75) is 0 Å². The van der Waals surface area contributed by atoms with Crippen molar-refractivity contribution in [2.75, 3.05) is 0 Å². The van der Waals surface area contributed by atoms with Crippen LogP contribution in [0.3, 0.4) is 0 Å². The summed E-state index contributed by atoms with van der Waals surface area (Å²) in [6, 6.07) is 98.4. The molecule has 0 aliphatic heterocycles. The first-order valence-corrected chi connectivity index (χ1v) is 28.9. The zero-order valence-electron chi connectivity index (χ0n) is 32.5. The van der Waals surface area contributed by atoms with Crippen molar-refractivity contribution < 1.29 is 0 Å². The molecule has 0 aliphatic rings. The van der Waals surface area contributed by atoms with Crippen LogP contribution < -0.4 is 39.6 Å². The predicted octanol–water partition coefficient (Wildman–Crippen LogP) is 6.23. The summed E-state index contributed by atoms with van der Waals surface area (Å²) in [5.41, 5.74) is 0. The van der Waals surface area contributed by atoms with Crippen LogP contribution in [0.4, 0.5) is 0 Å². The molecule has 0 aromatic heterocycles. The molecule has 4 heteroatoms. The van der Waals surface area contributed by atoms with Crippen LogP contribution in [0.5, 0.6) is 0 Å². The molecule has 58 heavy (non-hydrogen) atoms. The zero-order chi connectivity index (χ0) is 38.7. The Morgan fingerprint density at radius 3 is 0.310 bits per heavy atom. The molecule has 9 aromatic rings. The van der Waals surface area contributed by atoms with Crippen LogP contribution in [0.1, 0.15) is 0 Å². The van der Waals surface area contributed by atoms with Gasteiger partial charge in [0, 0.05) is 17.6 Å². The zero-order valence-corrected chi connectivity index (χ0v) is 40.9. The SMILES string of the molecule is [Ge].c1cc[c]([Ge]([c]2ccccc2)[c]2ccccc2)cc1.c1cc[c]([Ge]([c]2ccccc2)[c]2ccccc2)cc1.c1cc[c]([Ge]([c]2ccccc2)[c]2ccccc2)cc1. The fourth-order valence-electron chi connectivity index (χ4n) is 6.94.